The number of hydrogen-bond acceptors (Lipinski definition) is 9. The van der Waals surface area contributed by atoms with E-state index in [1.165, 1.54) is 12.1 Å². The molecule has 3 rings (SSSR count). The molecular formula is C22H20N4O9. The second-order valence-corrected chi connectivity index (χ2v) is 7.28. The lowest BCUT2D eigenvalue weighted by atomic mass is 10.2. The number of nitrogens with zero attached hydrogens (tertiary/aromatic N) is 2. The van der Waals surface area contributed by atoms with Crippen molar-refractivity contribution in [3.05, 3.63) is 70.3 Å². The molecule has 13 heteroatoms. The molecule has 35 heavy (non-hydrogen) atoms. The number of imide groups is 1. The zero-order valence-corrected chi connectivity index (χ0v) is 18.2. The van der Waals surface area contributed by atoms with Crippen molar-refractivity contribution < 1.29 is 38.4 Å². The highest BCUT2D eigenvalue weighted by atomic mass is 16.6. The van der Waals surface area contributed by atoms with E-state index >= 15 is 0 Å². The van der Waals surface area contributed by atoms with Crippen molar-refractivity contribution in [2.75, 3.05) is 13.1 Å². The summed E-state index contributed by atoms with van der Waals surface area (Å²) >= 11 is 0. The van der Waals surface area contributed by atoms with Crippen LogP contribution in [0.2, 0.25) is 0 Å². The van der Waals surface area contributed by atoms with Gasteiger partial charge < -0.3 is 20.1 Å². The summed E-state index contributed by atoms with van der Waals surface area (Å²) in [5, 5.41) is 15.1. The van der Waals surface area contributed by atoms with Crippen molar-refractivity contribution in [2.24, 2.45) is 0 Å². The third-order valence-corrected chi connectivity index (χ3v) is 4.76. The van der Waals surface area contributed by atoms with E-state index in [1.807, 2.05) is 0 Å². The van der Waals surface area contributed by atoms with Crippen LogP contribution in [0.5, 0.6) is 5.75 Å². The van der Waals surface area contributed by atoms with Crippen LogP contribution in [-0.4, -0.2) is 58.7 Å². The first kappa shape index (κ1) is 24.8. The first-order valence-electron chi connectivity index (χ1n) is 10.3. The van der Waals surface area contributed by atoms with E-state index in [1.54, 1.807) is 30.3 Å². The number of carbonyl (C=O) groups is 5. The van der Waals surface area contributed by atoms with Crippen molar-refractivity contribution in [1.29, 1.82) is 0 Å². The summed E-state index contributed by atoms with van der Waals surface area (Å²) in [6.45, 7) is -1.25. The van der Waals surface area contributed by atoms with Gasteiger partial charge in [0.15, 0.2) is 0 Å². The number of nitrogens with one attached hydrogen (secondary N) is 2. The number of carbonyl (C=O) groups excluding carboxylic acids is 5. The number of hydrogen-bond donors (Lipinski definition) is 2. The Morgan fingerprint density at radius 2 is 1.74 bits per heavy atom. The van der Waals surface area contributed by atoms with Crippen LogP contribution in [0.4, 0.5) is 10.5 Å². The fourth-order valence-electron chi connectivity index (χ4n) is 3.04. The van der Waals surface area contributed by atoms with Crippen LogP contribution < -0.4 is 15.4 Å². The van der Waals surface area contributed by atoms with Gasteiger partial charge in [0.25, 0.3) is 11.6 Å². The Morgan fingerprint density at radius 1 is 1.06 bits per heavy atom. The molecule has 4 amide bonds. The molecule has 1 saturated heterocycles. The molecule has 0 saturated carbocycles. The molecule has 1 atom stereocenters. The Hall–Kier alpha value is -4.81. The minimum atomic E-state index is -1.18. The molecule has 0 radical (unpaired) electrons. The average molecular weight is 484 g/mol. The summed E-state index contributed by atoms with van der Waals surface area (Å²) in [6, 6.07) is 12.4. The van der Waals surface area contributed by atoms with Crippen molar-refractivity contribution in [3.8, 4) is 5.75 Å². The summed E-state index contributed by atoms with van der Waals surface area (Å²) in [6.07, 6.45) is -1.23. The monoisotopic (exact) mass is 484 g/mol. The molecule has 13 nitrogen and oxygen atoms in total. The van der Waals surface area contributed by atoms with Gasteiger partial charge in [-0.15, -0.1) is 0 Å². The Bertz CT molecular complexity index is 1140. The second-order valence-electron chi connectivity index (χ2n) is 7.28. The highest BCUT2D eigenvalue weighted by Gasteiger charge is 2.40. The largest absolute Gasteiger partial charge is 0.445 e. The van der Waals surface area contributed by atoms with Gasteiger partial charge in [0, 0.05) is 12.1 Å². The first-order valence-corrected chi connectivity index (χ1v) is 10.3. The topological polar surface area (TPSA) is 174 Å². The van der Waals surface area contributed by atoms with E-state index in [0.717, 1.165) is 17.7 Å². The summed E-state index contributed by atoms with van der Waals surface area (Å²) in [5.74, 6) is -3.10. The second kappa shape index (κ2) is 11.4. The Balaban J connectivity index is 1.41. The number of non-ortho nitro benzene ring substituents is 1. The number of nitro benzene ring substituents is 1. The predicted molar refractivity (Wildman–Crippen MR) is 117 cm³/mol. The predicted octanol–water partition coefficient (Wildman–Crippen LogP) is 0.670. The molecule has 0 bridgehead atoms. The van der Waals surface area contributed by atoms with Crippen LogP contribution in [0.25, 0.3) is 0 Å². The highest BCUT2D eigenvalue weighted by molar-refractivity contribution is 6.08. The van der Waals surface area contributed by atoms with E-state index < -0.39 is 53.8 Å². The Kier molecular flexibility index (Phi) is 8.06. The highest BCUT2D eigenvalue weighted by Crippen LogP contribution is 2.17. The fraction of sp³-hybridized carbons (Fsp3) is 0.227. The van der Waals surface area contributed by atoms with Crippen LogP contribution >= 0.6 is 0 Å². The molecule has 1 aliphatic rings. The lowest BCUT2D eigenvalue weighted by molar-refractivity contribution is -0.384. The van der Waals surface area contributed by atoms with Crippen molar-refractivity contribution >= 4 is 35.5 Å². The van der Waals surface area contributed by atoms with Gasteiger partial charge in [-0.2, -0.15) is 0 Å². The van der Waals surface area contributed by atoms with Crippen LogP contribution in [0.1, 0.15) is 12.0 Å². The molecule has 1 aliphatic heterocycles. The van der Waals surface area contributed by atoms with Crippen molar-refractivity contribution in [2.45, 2.75) is 19.1 Å². The number of rotatable bonds is 9. The molecule has 2 aromatic carbocycles. The van der Waals surface area contributed by atoms with Crippen LogP contribution in [0.3, 0.4) is 0 Å². The summed E-state index contributed by atoms with van der Waals surface area (Å²) in [7, 11) is 0. The van der Waals surface area contributed by atoms with Gasteiger partial charge in [-0.3, -0.25) is 29.4 Å². The third-order valence-electron chi connectivity index (χ3n) is 4.76. The van der Waals surface area contributed by atoms with E-state index in [2.05, 4.69) is 10.6 Å². The fourth-order valence-corrected chi connectivity index (χ4v) is 3.04. The van der Waals surface area contributed by atoms with E-state index in [0.29, 0.717) is 4.90 Å². The zero-order valence-electron chi connectivity index (χ0n) is 18.2. The molecule has 182 valence electrons. The Morgan fingerprint density at radius 3 is 2.40 bits per heavy atom. The van der Waals surface area contributed by atoms with E-state index in [9.17, 15) is 34.1 Å². The average Bonchev–Trinajstić information content (AvgIpc) is 3.09. The molecule has 0 aliphatic carbocycles. The van der Waals surface area contributed by atoms with Gasteiger partial charge >= 0.3 is 12.1 Å². The molecule has 2 aromatic rings. The van der Waals surface area contributed by atoms with E-state index in [4.69, 9.17) is 9.47 Å². The van der Waals surface area contributed by atoms with Crippen LogP contribution in [0, 0.1) is 10.1 Å². The van der Waals surface area contributed by atoms with Gasteiger partial charge in [0.2, 0.25) is 11.8 Å². The summed E-state index contributed by atoms with van der Waals surface area (Å²) < 4.78 is 9.97. The number of benzene rings is 2. The third kappa shape index (κ3) is 7.08. The summed E-state index contributed by atoms with van der Waals surface area (Å²) in [4.78, 5) is 71.2. The van der Waals surface area contributed by atoms with Crippen LogP contribution in [-0.2, 0) is 30.5 Å². The van der Waals surface area contributed by atoms with Crippen molar-refractivity contribution in [3.63, 3.8) is 0 Å². The SMILES string of the molecule is O=C(CN1C(=O)CC(NC(=O)OCc2ccccc2)C1=O)NCC(=O)Oc1ccc([N+](=O)[O-])cc1. The molecule has 1 unspecified atom stereocenters. The normalized spacial score (nSPS) is 14.9. The maximum Gasteiger partial charge on any atom is 0.408 e. The van der Waals surface area contributed by atoms with Gasteiger partial charge in [0.1, 0.15) is 31.5 Å². The quantitative estimate of drug-likeness (QED) is 0.170. The maximum absolute atomic E-state index is 12.4. The molecule has 2 N–H and O–H groups in total. The van der Waals surface area contributed by atoms with Crippen LogP contribution in [0.15, 0.2) is 54.6 Å². The number of likely N-dealkylation sites (tertiary alicyclic amines) is 1. The lowest BCUT2D eigenvalue weighted by Crippen LogP contribution is -2.45. The van der Waals surface area contributed by atoms with Crippen molar-refractivity contribution in [1.82, 2.24) is 15.5 Å². The lowest BCUT2D eigenvalue weighted by Gasteiger charge is -2.15. The number of amides is 4. The number of esters is 1. The standard InChI is InChI=1S/C22H20N4O9/c27-18(23-11-20(29)35-16-8-6-15(7-9-16)26(32)33)12-25-19(28)10-17(21(25)30)24-22(31)34-13-14-4-2-1-3-5-14/h1-9,17H,10-13H2,(H,23,27)(H,24,31). The smallest absolute Gasteiger partial charge is 0.408 e. The van der Waals surface area contributed by atoms with Gasteiger partial charge in [-0.1, -0.05) is 30.3 Å². The number of nitro groups is 1. The minimum Gasteiger partial charge on any atom is -0.445 e. The molecule has 1 heterocycles. The number of ether oxygens (including phenoxy) is 2. The van der Waals surface area contributed by atoms with Gasteiger partial charge in [0.05, 0.1) is 11.3 Å². The van der Waals surface area contributed by atoms with Gasteiger partial charge in [-0.25, -0.2) is 9.59 Å². The van der Waals surface area contributed by atoms with Gasteiger partial charge in [-0.05, 0) is 17.7 Å². The maximum atomic E-state index is 12.4. The number of alkyl carbamates (subject to hydrolysis) is 1. The molecule has 0 aromatic heterocycles. The first-order chi connectivity index (χ1) is 16.7. The molecule has 0 spiro atoms. The molecule has 1 fully saturated rings. The summed E-state index contributed by atoms with van der Waals surface area (Å²) in [5.41, 5.74) is 0.553. The molecular weight excluding hydrogens is 464 g/mol. The minimum absolute atomic E-state index is 0.0242. The van der Waals surface area contributed by atoms with E-state index in [-0.39, 0.29) is 24.5 Å². The Labute approximate surface area is 198 Å². The zero-order chi connectivity index (χ0) is 25.4.